The maximum Gasteiger partial charge on any atom is 0.303 e. The normalized spacial score (nSPS) is 14.3. The van der Waals surface area contributed by atoms with Gasteiger partial charge in [-0.25, -0.2) is 0 Å². The van der Waals surface area contributed by atoms with Gasteiger partial charge in [0, 0.05) is 6.42 Å². The Balaban J connectivity index is 0.000000312. The van der Waals surface area contributed by atoms with E-state index in [-0.39, 0.29) is 22.3 Å². The molecule has 2 aromatic carbocycles. The highest BCUT2D eigenvalue weighted by molar-refractivity contribution is 6.21. The van der Waals surface area contributed by atoms with Crippen LogP contribution in [0.5, 0.6) is 0 Å². The molecule has 0 aromatic heterocycles. The summed E-state index contributed by atoms with van der Waals surface area (Å²) in [6.45, 7) is 2.06. The second-order valence-electron chi connectivity index (χ2n) is 6.90. The Labute approximate surface area is 182 Å². The van der Waals surface area contributed by atoms with Gasteiger partial charge < -0.3 is 5.11 Å². The number of rotatable bonds is 7. The molecule has 0 unspecified atom stereocenters. The number of hydrogen-bond acceptors (Lipinski definition) is 7. The van der Waals surface area contributed by atoms with Gasteiger partial charge in [0.1, 0.15) is 0 Å². The maximum atomic E-state index is 12.1. The van der Waals surface area contributed by atoms with E-state index in [2.05, 4.69) is 16.9 Å². The van der Waals surface area contributed by atoms with Crippen LogP contribution in [0.4, 0.5) is 0 Å². The number of hydroxylamine groups is 4. The average Bonchev–Trinajstić information content (AvgIpc) is 3.18. The number of carboxylic acid groups (broad SMARTS) is 1. The van der Waals surface area contributed by atoms with E-state index >= 15 is 0 Å². The minimum atomic E-state index is -0.743. The van der Waals surface area contributed by atoms with Crippen LogP contribution in [0, 0.1) is 0 Å². The highest BCUT2D eigenvalue weighted by atomic mass is 17.3. The smallest absolute Gasteiger partial charge is 0.303 e. The van der Waals surface area contributed by atoms with Crippen LogP contribution >= 0.6 is 0 Å². The van der Waals surface area contributed by atoms with Gasteiger partial charge in [0.15, 0.2) is 0 Å². The number of amides is 4. The Kier molecular flexibility index (Phi) is 7.08. The van der Waals surface area contributed by atoms with Gasteiger partial charge in [0.05, 0.1) is 22.3 Å². The fourth-order valence-corrected chi connectivity index (χ4v) is 3.06. The van der Waals surface area contributed by atoms with E-state index in [0.29, 0.717) is 16.5 Å². The van der Waals surface area contributed by atoms with Gasteiger partial charge in [-0.2, -0.15) is 0 Å². The molecule has 166 valence electrons. The van der Waals surface area contributed by atoms with E-state index in [4.69, 9.17) is 5.11 Å². The largest absolute Gasteiger partial charge is 0.481 e. The molecule has 10 heteroatoms. The van der Waals surface area contributed by atoms with Crippen LogP contribution in [0.1, 0.15) is 74.0 Å². The summed E-state index contributed by atoms with van der Waals surface area (Å²) in [7, 11) is 0. The van der Waals surface area contributed by atoms with Crippen molar-refractivity contribution in [1.82, 2.24) is 10.1 Å². The van der Waals surface area contributed by atoms with E-state index in [1.54, 1.807) is 24.3 Å². The number of hydrogen-bond donors (Lipinski definition) is 1. The number of unbranched alkanes of at least 4 members (excludes halogenated alkanes) is 2. The Morgan fingerprint density at radius 2 is 1.06 bits per heavy atom. The molecule has 2 aliphatic heterocycles. The van der Waals surface area contributed by atoms with Crippen LogP contribution in [0.2, 0.25) is 0 Å². The van der Waals surface area contributed by atoms with Crippen molar-refractivity contribution in [3.8, 4) is 0 Å². The number of imide groups is 2. The molecule has 10 nitrogen and oxygen atoms in total. The maximum absolute atomic E-state index is 12.1. The lowest BCUT2D eigenvalue weighted by atomic mass is 10.1. The lowest BCUT2D eigenvalue weighted by Crippen LogP contribution is -2.37. The van der Waals surface area contributed by atoms with Gasteiger partial charge in [-0.15, -0.1) is 10.1 Å². The molecular formula is C22H20N2O8. The summed E-state index contributed by atoms with van der Waals surface area (Å²) in [4.78, 5) is 67.7. The Hall–Kier alpha value is -3.89. The van der Waals surface area contributed by atoms with E-state index in [0.717, 1.165) is 19.3 Å². The number of aliphatic carboxylic acids is 1. The molecule has 0 fully saturated rings. The van der Waals surface area contributed by atoms with E-state index < -0.39 is 29.6 Å². The monoisotopic (exact) mass is 440 g/mol. The minimum absolute atomic E-state index is 0.147. The van der Waals surface area contributed by atoms with Crippen LogP contribution in [0.15, 0.2) is 48.5 Å². The summed E-state index contributed by atoms with van der Waals surface area (Å²) in [5, 5.41) is 8.85. The summed E-state index contributed by atoms with van der Waals surface area (Å²) >= 11 is 0. The highest BCUT2D eigenvalue weighted by Gasteiger charge is 2.41. The molecule has 4 rings (SSSR count). The number of carbonyl (C=O) groups excluding carboxylic acids is 4. The second kappa shape index (κ2) is 9.94. The first kappa shape index (κ1) is 22.8. The lowest BCUT2D eigenvalue weighted by molar-refractivity contribution is -0.455. The topological polar surface area (TPSA) is 131 Å². The van der Waals surface area contributed by atoms with Gasteiger partial charge in [-0.3, -0.25) is 24.0 Å². The first-order valence-electron chi connectivity index (χ1n) is 9.89. The Morgan fingerprint density at radius 1 is 0.719 bits per heavy atom. The van der Waals surface area contributed by atoms with Crippen molar-refractivity contribution in [1.29, 1.82) is 0 Å². The third kappa shape index (κ3) is 4.56. The fraction of sp³-hybridized carbons (Fsp3) is 0.227. The van der Waals surface area contributed by atoms with E-state index in [9.17, 15) is 24.0 Å². The summed E-state index contributed by atoms with van der Waals surface area (Å²) in [6, 6.07) is 12.2. The van der Waals surface area contributed by atoms with Crippen molar-refractivity contribution >= 4 is 29.6 Å². The van der Waals surface area contributed by atoms with Gasteiger partial charge in [0.25, 0.3) is 23.6 Å². The summed E-state index contributed by atoms with van der Waals surface area (Å²) in [5.74, 6) is -3.66. The highest BCUT2D eigenvalue weighted by Crippen LogP contribution is 2.26. The van der Waals surface area contributed by atoms with Crippen molar-refractivity contribution in [3.63, 3.8) is 0 Å². The minimum Gasteiger partial charge on any atom is -0.481 e. The molecule has 2 heterocycles. The van der Waals surface area contributed by atoms with Crippen LogP contribution in [-0.2, 0) is 14.8 Å². The molecule has 0 atom stereocenters. The number of carboxylic acids is 1. The van der Waals surface area contributed by atoms with Gasteiger partial charge in [-0.1, -0.05) is 54.0 Å². The van der Waals surface area contributed by atoms with Crippen molar-refractivity contribution in [3.05, 3.63) is 70.8 Å². The van der Waals surface area contributed by atoms with Crippen LogP contribution in [0.25, 0.3) is 0 Å². The first-order chi connectivity index (χ1) is 15.4. The predicted molar refractivity (Wildman–Crippen MR) is 108 cm³/mol. The zero-order valence-electron chi connectivity index (χ0n) is 17.1. The molecule has 0 radical (unpaired) electrons. The molecule has 0 spiro atoms. The van der Waals surface area contributed by atoms with Crippen molar-refractivity contribution in [2.45, 2.75) is 32.6 Å². The molecule has 1 N–H and O–H groups in total. The zero-order chi connectivity index (χ0) is 23.3. The molecule has 0 aliphatic carbocycles. The molecule has 32 heavy (non-hydrogen) atoms. The zero-order valence-corrected chi connectivity index (χ0v) is 17.1. The van der Waals surface area contributed by atoms with Gasteiger partial charge in [-0.05, 0) is 30.7 Å². The van der Waals surface area contributed by atoms with Gasteiger partial charge in [0.2, 0.25) is 0 Å². The molecule has 0 saturated carbocycles. The SMILES string of the molecule is CCCCCC(=O)O.O=C1c2ccccc2C(=O)N1OON1C(=O)c2ccccc2C1=O. The lowest BCUT2D eigenvalue weighted by Gasteiger charge is -2.15. The number of carbonyl (C=O) groups is 5. The van der Waals surface area contributed by atoms with Crippen LogP contribution < -0.4 is 0 Å². The third-order valence-corrected chi connectivity index (χ3v) is 4.69. The van der Waals surface area contributed by atoms with Crippen LogP contribution in [-0.4, -0.2) is 44.8 Å². The molecule has 0 saturated heterocycles. The van der Waals surface area contributed by atoms with Crippen molar-refractivity contribution < 1.29 is 39.1 Å². The van der Waals surface area contributed by atoms with Crippen LogP contribution in [0.3, 0.4) is 0 Å². The predicted octanol–water partition coefficient (Wildman–Crippen LogP) is 3.01. The average molecular weight is 440 g/mol. The molecule has 2 aromatic rings. The summed E-state index contributed by atoms with van der Waals surface area (Å²) in [5.41, 5.74) is 0.587. The Bertz CT molecular complexity index is 936. The quantitative estimate of drug-likeness (QED) is 0.301. The summed E-state index contributed by atoms with van der Waals surface area (Å²) in [6.07, 6.45) is 3.28. The standard InChI is InChI=1S/C16H8N2O6.C6H12O2/c19-13-9-5-1-2-6-10(9)14(20)17(13)23-24-18-15(21)11-7-3-4-8-12(11)16(18)22;1-2-3-4-5-6(7)8/h1-8H;2-5H2,1H3,(H,7,8). The molecule has 0 bridgehead atoms. The molecular weight excluding hydrogens is 420 g/mol. The second-order valence-corrected chi connectivity index (χ2v) is 6.90. The molecule has 2 aliphatic rings. The van der Waals surface area contributed by atoms with E-state index in [1.165, 1.54) is 24.3 Å². The van der Waals surface area contributed by atoms with Crippen molar-refractivity contribution in [2.24, 2.45) is 0 Å². The Morgan fingerprint density at radius 3 is 1.34 bits per heavy atom. The van der Waals surface area contributed by atoms with Gasteiger partial charge >= 0.3 is 5.97 Å². The fourth-order valence-electron chi connectivity index (χ4n) is 3.06. The van der Waals surface area contributed by atoms with Crippen molar-refractivity contribution in [2.75, 3.05) is 0 Å². The van der Waals surface area contributed by atoms with E-state index in [1.807, 2.05) is 0 Å². The first-order valence-corrected chi connectivity index (χ1v) is 9.89. The number of fused-ring (bicyclic) bond motifs is 2. The number of nitrogens with zero attached hydrogens (tertiary/aromatic N) is 2. The summed E-state index contributed by atoms with van der Waals surface area (Å²) < 4.78 is 0. The third-order valence-electron chi connectivity index (χ3n) is 4.69. The molecule has 4 amide bonds. The number of benzene rings is 2.